The second-order valence-corrected chi connectivity index (χ2v) is 6.45. The number of amides is 2. The molecule has 0 saturated heterocycles. The van der Waals surface area contributed by atoms with E-state index >= 15 is 0 Å². The normalized spacial score (nSPS) is 11.7. The standard InChI is InChI=1S/C18H17Cl2FN2O2/c1-10(14-8-17(21)16(20)9-15(14)19)22-18(25)7-12-3-5-13(6-4-12)23-11(2)24/h3-6,8-10H,7H2,1-2H3,(H,22,25)(H,23,24)/t10-/m1/s1. The van der Waals surface area contributed by atoms with Gasteiger partial charge in [-0.1, -0.05) is 35.3 Å². The van der Waals surface area contributed by atoms with E-state index in [1.54, 1.807) is 31.2 Å². The third-order valence-corrected chi connectivity index (χ3v) is 4.14. The van der Waals surface area contributed by atoms with Gasteiger partial charge in [0.2, 0.25) is 11.8 Å². The van der Waals surface area contributed by atoms with Crippen molar-refractivity contribution in [1.82, 2.24) is 5.32 Å². The number of anilines is 1. The molecule has 0 heterocycles. The molecule has 1 atom stereocenters. The van der Waals surface area contributed by atoms with Crippen LogP contribution in [0, 0.1) is 5.82 Å². The van der Waals surface area contributed by atoms with Crippen LogP contribution >= 0.6 is 23.2 Å². The van der Waals surface area contributed by atoms with Crippen LogP contribution in [0.4, 0.5) is 10.1 Å². The predicted molar refractivity (Wildman–Crippen MR) is 97.4 cm³/mol. The molecule has 0 bridgehead atoms. The van der Waals surface area contributed by atoms with E-state index < -0.39 is 11.9 Å². The van der Waals surface area contributed by atoms with E-state index in [1.165, 1.54) is 19.1 Å². The fourth-order valence-corrected chi connectivity index (χ4v) is 2.88. The van der Waals surface area contributed by atoms with Gasteiger partial charge in [-0.3, -0.25) is 9.59 Å². The highest BCUT2D eigenvalue weighted by Gasteiger charge is 2.16. The third-order valence-electron chi connectivity index (χ3n) is 3.52. The first-order valence-electron chi connectivity index (χ1n) is 7.56. The highest BCUT2D eigenvalue weighted by Crippen LogP contribution is 2.28. The van der Waals surface area contributed by atoms with Crippen LogP contribution in [0.15, 0.2) is 36.4 Å². The van der Waals surface area contributed by atoms with Crippen LogP contribution < -0.4 is 10.6 Å². The molecule has 0 aliphatic carbocycles. The summed E-state index contributed by atoms with van der Waals surface area (Å²) in [5.74, 6) is -0.978. The molecule has 0 fully saturated rings. The summed E-state index contributed by atoms with van der Waals surface area (Å²) in [5.41, 5.74) is 1.90. The molecular weight excluding hydrogens is 366 g/mol. The van der Waals surface area contributed by atoms with Crippen molar-refractivity contribution in [3.63, 3.8) is 0 Å². The summed E-state index contributed by atoms with van der Waals surface area (Å²) in [6.07, 6.45) is 0.151. The molecule has 2 aromatic rings. The molecule has 132 valence electrons. The Labute approximate surface area is 155 Å². The van der Waals surface area contributed by atoms with Gasteiger partial charge >= 0.3 is 0 Å². The molecule has 2 rings (SSSR count). The Morgan fingerprint density at radius 1 is 1.12 bits per heavy atom. The van der Waals surface area contributed by atoms with E-state index in [4.69, 9.17) is 23.2 Å². The van der Waals surface area contributed by atoms with Crippen molar-refractivity contribution in [3.8, 4) is 0 Å². The maximum Gasteiger partial charge on any atom is 0.224 e. The second-order valence-electron chi connectivity index (χ2n) is 5.63. The summed E-state index contributed by atoms with van der Waals surface area (Å²) in [4.78, 5) is 23.2. The first-order valence-corrected chi connectivity index (χ1v) is 8.32. The lowest BCUT2D eigenvalue weighted by atomic mass is 10.1. The van der Waals surface area contributed by atoms with E-state index in [0.717, 1.165) is 5.56 Å². The Hall–Kier alpha value is -2.11. The Morgan fingerprint density at radius 2 is 1.76 bits per heavy atom. The fraction of sp³-hybridized carbons (Fsp3) is 0.222. The predicted octanol–water partition coefficient (Wildman–Crippen LogP) is 4.51. The van der Waals surface area contributed by atoms with E-state index in [9.17, 15) is 14.0 Å². The average molecular weight is 383 g/mol. The van der Waals surface area contributed by atoms with Gasteiger partial charge in [-0.05, 0) is 42.3 Å². The lowest BCUT2D eigenvalue weighted by molar-refractivity contribution is -0.121. The minimum atomic E-state index is -0.587. The summed E-state index contributed by atoms with van der Waals surface area (Å²) in [7, 11) is 0. The van der Waals surface area contributed by atoms with Crippen LogP contribution in [0.1, 0.15) is 31.0 Å². The van der Waals surface area contributed by atoms with Crippen molar-refractivity contribution in [2.24, 2.45) is 0 Å². The quantitative estimate of drug-likeness (QED) is 0.747. The first kappa shape index (κ1) is 19.2. The summed E-state index contributed by atoms with van der Waals surface area (Å²) >= 11 is 11.7. The molecule has 0 aromatic heterocycles. The Kier molecular flexibility index (Phi) is 6.39. The molecule has 0 saturated carbocycles. The topological polar surface area (TPSA) is 58.2 Å². The number of nitrogens with one attached hydrogen (secondary N) is 2. The van der Waals surface area contributed by atoms with Crippen molar-refractivity contribution in [1.29, 1.82) is 0 Å². The van der Waals surface area contributed by atoms with Crippen LogP contribution in [0.25, 0.3) is 0 Å². The second kappa shape index (κ2) is 8.32. The molecule has 2 amide bonds. The number of halogens is 3. The van der Waals surface area contributed by atoms with E-state index in [0.29, 0.717) is 16.3 Å². The Bertz CT molecular complexity index is 794. The molecule has 25 heavy (non-hydrogen) atoms. The van der Waals surface area contributed by atoms with Crippen LogP contribution in [-0.4, -0.2) is 11.8 Å². The van der Waals surface area contributed by atoms with Crippen LogP contribution in [-0.2, 0) is 16.0 Å². The summed E-state index contributed by atoms with van der Waals surface area (Å²) in [6.45, 7) is 3.14. The molecule has 0 spiro atoms. The molecule has 0 aliphatic rings. The molecule has 0 aliphatic heterocycles. The number of hydrogen-bond acceptors (Lipinski definition) is 2. The molecule has 0 radical (unpaired) electrons. The van der Waals surface area contributed by atoms with Gasteiger partial charge in [-0.2, -0.15) is 0 Å². The molecular formula is C18H17Cl2FN2O2. The van der Waals surface area contributed by atoms with Gasteiger partial charge in [-0.15, -0.1) is 0 Å². The van der Waals surface area contributed by atoms with Gasteiger partial charge in [-0.25, -0.2) is 4.39 Å². The number of carbonyl (C=O) groups is 2. The SMILES string of the molecule is CC(=O)Nc1ccc(CC(=O)N[C@H](C)c2cc(F)c(Cl)cc2Cl)cc1. The van der Waals surface area contributed by atoms with E-state index in [-0.39, 0.29) is 23.3 Å². The summed E-state index contributed by atoms with van der Waals surface area (Å²) in [5, 5.41) is 5.66. The fourth-order valence-electron chi connectivity index (χ4n) is 2.33. The highest BCUT2D eigenvalue weighted by molar-refractivity contribution is 6.35. The zero-order valence-corrected chi connectivity index (χ0v) is 15.2. The summed E-state index contributed by atoms with van der Waals surface area (Å²) < 4.78 is 13.6. The molecule has 2 aromatic carbocycles. The molecule has 2 N–H and O–H groups in total. The zero-order valence-electron chi connectivity index (χ0n) is 13.7. The van der Waals surface area contributed by atoms with Crippen molar-refractivity contribution in [2.45, 2.75) is 26.3 Å². The van der Waals surface area contributed by atoms with Crippen molar-refractivity contribution < 1.29 is 14.0 Å². The average Bonchev–Trinajstić information content (AvgIpc) is 2.52. The molecule has 4 nitrogen and oxygen atoms in total. The molecule has 7 heteroatoms. The van der Waals surface area contributed by atoms with Crippen molar-refractivity contribution in [2.75, 3.05) is 5.32 Å². The van der Waals surface area contributed by atoms with Gasteiger partial charge in [0.15, 0.2) is 0 Å². The smallest absolute Gasteiger partial charge is 0.224 e. The third kappa shape index (κ3) is 5.44. The maximum atomic E-state index is 13.6. The number of benzene rings is 2. The molecule has 0 unspecified atom stereocenters. The van der Waals surface area contributed by atoms with Crippen molar-refractivity contribution >= 4 is 40.7 Å². The Balaban J connectivity index is 2.00. The Morgan fingerprint density at radius 3 is 2.36 bits per heavy atom. The monoisotopic (exact) mass is 382 g/mol. The first-order chi connectivity index (χ1) is 11.8. The number of rotatable bonds is 5. The largest absolute Gasteiger partial charge is 0.349 e. The van der Waals surface area contributed by atoms with Crippen LogP contribution in [0.3, 0.4) is 0 Å². The highest BCUT2D eigenvalue weighted by atomic mass is 35.5. The minimum absolute atomic E-state index is 0.0634. The van der Waals surface area contributed by atoms with Gasteiger partial charge in [0.1, 0.15) is 5.82 Å². The lowest BCUT2D eigenvalue weighted by Gasteiger charge is -2.16. The van der Waals surface area contributed by atoms with Gasteiger partial charge < -0.3 is 10.6 Å². The zero-order chi connectivity index (χ0) is 18.6. The van der Waals surface area contributed by atoms with Gasteiger partial charge in [0, 0.05) is 17.6 Å². The van der Waals surface area contributed by atoms with E-state index in [1.807, 2.05) is 0 Å². The van der Waals surface area contributed by atoms with Crippen LogP contribution in [0.2, 0.25) is 10.0 Å². The van der Waals surface area contributed by atoms with Gasteiger partial charge in [0.05, 0.1) is 17.5 Å². The van der Waals surface area contributed by atoms with Crippen LogP contribution in [0.5, 0.6) is 0 Å². The lowest BCUT2D eigenvalue weighted by Crippen LogP contribution is -2.28. The summed E-state index contributed by atoms with van der Waals surface area (Å²) in [6, 6.07) is 9.02. The van der Waals surface area contributed by atoms with Crippen molar-refractivity contribution in [3.05, 3.63) is 63.4 Å². The minimum Gasteiger partial charge on any atom is -0.349 e. The maximum absolute atomic E-state index is 13.6. The van der Waals surface area contributed by atoms with E-state index in [2.05, 4.69) is 10.6 Å². The number of hydrogen-bond donors (Lipinski definition) is 2. The van der Waals surface area contributed by atoms with Gasteiger partial charge in [0.25, 0.3) is 0 Å². The number of carbonyl (C=O) groups excluding carboxylic acids is 2.